The van der Waals surface area contributed by atoms with Crippen molar-refractivity contribution in [1.29, 1.82) is 0 Å². The molecule has 1 saturated heterocycles. The number of hydrogen-bond acceptors (Lipinski definition) is 5. The van der Waals surface area contributed by atoms with Gasteiger partial charge >= 0.3 is 6.03 Å². The Hall–Kier alpha value is -4.59. The predicted molar refractivity (Wildman–Crippen MR) is 153 cm³/mol. The van der Waals surface area contributed by atoms with Gasteiger partial charge in [-0.3, -0.25) is 14.9 Å². The summed E-state index contributed by atoms with van der Waals surface area (Å²) in [6.45, 7) is 0.588. The summed E-state index contributed by atoms with van der Waals surface area (Å²) in [6.07, 6.45) is 1.36. The number of carbonyl (C=O) groups excluding carboxylic acids is 3. The first-order valence-corrected chi connectivity index (χ1v) is 13.0. The zero-order valence-corrected chi connectivity index (χ0v) is 22.5. The van der Waals surface area contributed by atoms with Crippen molar-refractivity contribution in [2.24, 2.45) is 0 Å². The maximum atomic E-state index is 13.4. The van der Waals surface area contributed by atoms with E-state index in [1.54, 1.807) is 54.6 Å². The Balaban J connectivity index is 1.36. The third kappa shape index (κ3) is 6.34. The van der Waals surface area contributed by atoms with Gasteiger partial charge in [0.05, 0.1) is 5.69 Å². The minimum absolute atomic E-state index is 0.221. The summed E-state index contributed by atoms with van der Waals surface area (Å²) in [5.41, 5.74) is 2.31. The molecule has 0 spiro atoms. The average Bonchev–Trinajstić information content (AvgIpc) is 2.95. The Labute approximate surface area is 240 Å². The Morgan fingerprint density at radius 2 is 1.38 bits per heavy atom. The summed E-state index contributed by atoms with van der Waals surface area (Å²) in [6, 6.07) is 27.3. The molecule has 1 aliphatic heterocycles. The van der Waals surface area contributed by atoms with Crippen LogP contribution in [0, 0.1) is 0 Å². The zero-order chi connectivity index (χ0) is 28.1. The smallest absolute Gasteiger partial charge is 0.335 e. The van der Waals surface area contributed by atoms with Crippen molar-refractivity contribution in [3.63, 3.8) is 0 Å². The summed E-state index contributed by atoms with van der Waals surface area (Å²) >= 11 is 12.2. The Morgan fingerprint density at radius 1 is 0.725 bits per heavy atom. The highest BCUT2D eigenvalue weighted by atomic mass is 35.5. The summed E-state index contributed by atoms with van der Waals surface area (Å²) in [5.74, 6) is -0.644. The van der Waals surface area contributed by atoms with Gasteiger partial charge in [-0.15, -0.1) is 0 Å². The summed E-state index contributed by atoms with van der Waals surface area (Å²) in [5, 5.41) is 3.22. The molecule has 4 aromatic rings. The molecule has 0 bridgehead atoms. The molecule has 0 aromatic heterocycles. The highest BCUT2D eigenvalue weighted by Crippen LogP contribution is 2.29. The van der Waals surface area contributed by atoms with E-state index in [1.807, 2.05) is 42.5 Å². The molecule has 0 aliphatic carbocycles. The van der Waals surface area contributed by atoms with Gasteiger partial charge in [0.25, 0.3) is 11.8 Å². The van der Waals surface area contributed by atoms with E-state index < -0.39 is 17.8 Å². The monoisotopic (exact) mass is 572 g/mol. The Kier molecular flexibility index (Phi) is 8.15. The van der Waals surface area contributed by atoms with E-state index in [9.17, 15) is 14.4 Å². The van der Waals surface area contributed by atoms with Crippen molar-refractivity contribution in [3.05, 3.63) is 129 Å². The fourth-order valence-corrected chi connectivity index (χ4v) is 4.29. The first kappa shape index (κ1) is 27.0. The second-order valence-electron chi connectivity index (χ2n) is 8.82. The van der Waals surface area contributed by atoms with Gasteiger partial charge in [-0.25, -0.2) is 9.69 Å². The van der Waals surface area contributed by atoms with Crippen LogP contribution >= 0.6 is 23.2 Å². The first-order chi connectivity index (χ1) is 19.4. The van der Waals surface area contributed by atoms with Crippen LogP contribution in [0.25, 0.3) is 6.08 Å². The standard InChI is InChI=1S/C31H22Cl2N2O5/c32-23-8-6-21(7-9-23)19-40-28-15-10-24(33)16-22(28)17-27-29(36)34-31(38)35(30(27)37)25-11-13-26(14-12-25)39-18-20-4-2-1-3-5-20/h1-17H,18-19H2,(H,34,36,38)/b27-17+. The van der Waals surface area contributed by atoms with Gasteiger partial charge in [0.1, 0.15) is 30.3 Å². The van der Waals surface area contributed by atoms with Crippen LogP contribution in [0.1, 0.15) is 16.7 Å². The first-order valence-electron chi connectivity index (χ1n) is 12.2. The van der Waals surface area contributed by atoms with Crippen LogP contribution in [0.4, 0.5) is 10.5 Å². The molecule has 4 aromatic carbocycles. The van der Waals surface area contributed by atoms with E-state index in [4.69, 9.17) is 32.7 Å². The van der Waals surface area contributed by atoms with Gasteiger partial charge in [0.15, 0.2) is 0 Å². The molecule has 0 unspecified atom stereocenters. The summed E-state index contributed by atoms with van der Waals surface area (Å²) in [4.78, 5) is 39.7. The van der Waals surface area contributed by atoms with Crippen LogP contribution in [0.3, 0.4) is 0 Å². The zero-order valence-electron chi connectivity index (χ0n) is 21.0. The minimum atomic E-state index is -0.851. The molecule has 0 atom stereocenters. The maximum Gasteiger partial charge on any atom is 0.335 e. The molecular formula is C31H22Cl2N2O5. The second kappa shape index (κ2) is 12.1. The number of amides is 4. The number of nitrogens with zero attached hydrogens (tertiary/aromatic N) is 1. The molecule has 1 aliphatic rings. The van der Waals surface area contributed by atoms with E-state index in [-0.39, 0.29) is 17.9 Å². The van der Waals surface area contributed by atoms with E-state index in [0.29, 0.717) is 33.7 Å². The number of imide groups is 2. The van der Waals surface area contributed by atoms with Crippen molar-refractivity contribution in [2.75, 3.05) is 4.90 Å². The number of nitrogens with one attached hydrogen (secondary N) is 1. The fraction of sp³-hybridized carbons (Fsp3) is 0.0645. The SMILES string of the molecule is O=C1NC(=O)N(c2ccc(OCc3ccccc3)cc2)C(=O)/C1=C/c1cc(Cl)ccc1OCc1ccc(Cl)cc1. The van der Waals surface area contributed by atoms with Gasteiger partial charge in [0, 0.05) is 15.6 Å². The van der Waals surface area contributed by atoms with Gasteiger partial charge < -0.3 is 9.47 Å². The number of anilines is 1. The van der Waals surface area contributed by atoms with E-state index in [1.165, 1.54) is 6.08 Å². The largest absolute Gasteiger partial charge is 0.489 e. The minimum Gasteiger partial charge on any atom is -0.489 e. The molecule has 5 rings (SSSR count). The second-order valence-corrected chi connectivity index (χ2v) is 9.70. The number of rotatable bonds is 8. The van der Waals surface area contributed by atoms with Gasteiger partial charge in [-0.1, -0.05) is 65.7 Å². The van der Waals surface area contributed by atoms with E-state index >= 15 is 0 Å². The van der Waals surface area contributed by atoms with Gasteiger partial charge in [-0.2, -0.15) is 0 Å². The van der Waals surface area contributed by atoms with Crippen LogP contribution in [-0.2, 0) is 22.8 Å². The van der Waals surface area contributed by atoms with Gasteiger partial charge in [-0.05, 0) is 71.8 Å². The Morgan fingerprint density at radius 3 is 2.10 bits per heavy atom. The molecule has 4 amide bonds. The Bertz CT molecular complexity index is 1590. The number of hydrogen-bond donors (Lipinski definition) is 1. The summed E-state index contributed by atoms with van der Waals surface area (Å²) < 4.78 is 11.7. The molecule has 0 saturated carbocycles. The van der Waals surface area contributed by atoms with Crippen LogP contribution < -0.4 is 19.7 Å². The van der Waals surface area contributed by atoms with Crippen molar-refractivity contribution >= 4 is 52.8 Å². The third-order valence-corrected chi connectivity index (χ3v) is 6.51. The maximum absolute atomic E-state index is 13.4. The van der Waals surface area contributed by atoms with Crippen LogP contribution in [0.5, 0.6) is 11.5 Å². The average molecular weight is 573 g/mol. The number of urea groups is 1. The lowest BCUT2D eigenvalue weighted by Crippen LogP contribution is -2.54. The predicted octanol–water partition coefficient (Wildman–Crippen LogP) is 6.82. The highest BCUT2D eigenvalue weighted by molar-refractivity contribution is 6.39. The molecule has 200 valence electrons. The highest BCUT2D eigenvalue weighted by Gasteiger charge is 2.37. The van der Waals surface area contributed by atoms with Crippen molar-refractivity contribution in [3.8, 4) is 11.5 Å². The lowest BCUT2D eigenvalue weighted by molar-refractivity contribution is -0.122. The van der Waals surface area contributed by atoms with Crippen LogP contribution in [0.15, 0.2) is 103 Å². The number of barbiturate groups is 1. The van der Waals surface area contributed by atoms with Crippen LogP contribution in [0.2, 0.25) is 10.0 Å². The van der Waals surface area contributed by atoms with Crippen molar-refractivity contribution < 1.29 is 23.9 Å². The summed E-state index contributed by atoms with van der Waals surface area (Å²) in [7, 11) is 0. The number of halogens is 2. The molecule has 9 heteroatoms. The molecule has 7 nitrogen and oxygen atoms in total. The lowest BCUT2D eigenvalue weighted by atomic mass is 10.1. The molecule has 0 radical (unpaired) electrons. The molecular weight excluding hydrogens is 551 g/mol. The quantitative estimate of drug-likeness (QED) is 0.185. The van der Waals surface area contributed by atoms with E-state index in [2.05, 4.69) is 5.32 Å². The van der Waals surface area contributed by atoms with Crippen molar-refractivity contribution in [2.45, 2.75) is 13.2 Å². The molecule has 1 fully saturated rings. The third-order valence-electron chi connectivity index (χ3n) is 6.02. The number of carbonyl (C=O) groups is 3. The van der Waals surface area contributed by atoms with Crippen molar-refractivity contribution in [1.82, 2.24) is 5.32 Å². The normalized spacial score (nSPS) is 14.3. The number of benzene rings is 4. The number of ether oxygens (including phenoxy) is 2. The van der Waals surface area contributed by atoms with E-state index in [0.717, 1.165) is 16.0 Å². The fourth-order valence-electron chi connectivity index (χ4n) is 3.99. The molecule has 40 heavy (non-hydrogen) atoms. The molecule has 1 N–H and O–H groups in total. The molecule has 1 heterocycles. The van der Waals surface area contributed by atoms with Crippen LogP contribution in [-0.4, -0.2) is 17.8 Å². The lowest BCUT2D eigenvalue weighted by Gasteiger charge is -2.26. The van der Waals surface area contributed by atoms with Gasteiger partial charge in [0.2, 0.25) is 0 Å². The topological polar surface area (TPSA) is 84.9 Å².